The minimum absolute atomic E-state index is 0.218. The van der Waals surface area contributed by atoms with Crippen LogP contribution < -0.4 is 4.74 Å². The smallest absolute Gasteiger partial charge is 0.419 e. The molecule has 2 aliphatic rings. The molecular weight excluding hydrogens is 516 g/mol. The van der Waals surface area contributed by atoms with E-state index in [4.69, 9.17) is 14.2 Å². The Morgan fingerprint density at radius 3 is 2.32 bits per heavy atom. The van der Waals surface area contributed by atoms with Crippen LogP contribution in [0.5, 0.6) is 5.75 Å². The number of rotatable bonds is 6. The van der Waals surface area contributed by atoms with Crippen molar-refractivity contribution in [3.8, 4) is 5.75 Å². The number of fused-ring (bicyclic) bond motifs is 1. The number of hydrogen-bond acceptors (Lipinski definition) is 6. The summed E-state index contributed by atoms with van der Waals surface area (Å²) in [7, 11) is 3.13. The summed E-state index contributed by atoms with van der Waals surface area (Å²) < 4.78 is 18.2. The summed E-state index contributed by atoms with van der Waals surface area (Å²) in [4.78, 5) is 27.8. The Kier molecular flexibility index (Phi) is 8.46. The van der Waals surface area contributed by atoms with Crippen molar-refractivity contribution in [1.82, 2.24) is 9.47 Å². The molecule has 2 aromatic carbocycles. The van der Waals surface area contributed by atoms with Gasteiger partial charge >= 0.3 is 12.1 Å². The molecule has 3 aromatic rings. The van der Waals surface area contributed by atoms with Gasteiger partial charge in [-0.1, -0.05) is 37.8 Å². The molecule has 0 unspecified atom stereocenters. The average Bonchev–Trinajstić information content (AvgIpc) is 3.65. The van der Waals surface area contributed by atoms with Crippen molar-refractivity contribution >= 4 is 23.0 Å². The maximum atomic E-state index is 13.1. The molecule has 1 aliphatic heterocycles. The molecule has 7 nitrogen and oxygen atoms in total. The summed E-state index contributed by atoms with van der Waals surface area (Å²) >= 11 is 0. The number of esters is 1. The zero-order valence-electron chi connectivity index (χ0n) is 25.4. The molecule has 41 heavy (non-hydrogen) atoms. The molecule has 0 bridgehead atoms. The topological polar surface area (TPSA) is 70.0 Å². The first-order valence-corrected chi connectivity index (χ1v) is 14.9. The fourth-order valence-corrected chi connectivity index (χ4v) is 6.97. The number of hydrogen-bond donors (Lipinski definition) is 0. The van der Waals surface area contributed by atoms with E-state index in [1.165, 1.54) is 44.8 Å². The molecular formula is C34H44N2O5. The Balaban J connectivity index is 1.51. The fraction of sp³-hybridized carbons (Fsp3) is 0.529. The van der Waals surface area contributed by atoms with Gasteiger partial charge in [-0.15, -0.1) is 0 Å². The second-order valence-corrected chi connectivity index (χ2v) is 12.7. The minimum atomic E-state index is -0.586. The average molecular weight is 561 g/mol. The molecule has 0 radical (unpaired) electrons. The predicted molar refractivity (Wildman–Crippen MR) is 160 cm³/mol. The zero-order valence-corrected chi connectivity index (χ0v) is 25.4. The van der Waals surface area contributed by atoms with E-state index in [1.807, 2.05) is 58.2 Å². The van der Waals surface area contributed by atoms with Gasteiger partial charge in [0.25, 0.3) is 0 Å². The van der Waals surface area contributed by atoms with Gasteiger partial charge in [-0.05, 0) is 94.3 Å². The van der Waals surface area contributed by atoms with Crippen LogP contribution in [0.15, 0.2) is 42.6 Å². The number of carbonyl (C=O) groups excluding carboxylic acids is 2. The van der Waals surface area contributed by atoms with Crippen LogP contribution in [0, 0.1) is 18.8 Å². The van der Waals surface area contributed by atoms with Crippen molar-refractivity contribution in [2.45, 2.75) is 84.4 Å². The third-order valence-electron chi connectivity index (χ3n) is 8.94. The normalized spacial score (nSPS) is 20.3. The number of methoxy groups -OCH3 is 2. The number of aryl methyl sites for hydroxylation is 1. The van der Waals surface area contributed by atoms with Crippen LogP contribution in [0.3, 0.4) is 0 Å². The molecule has 2 fully saturated rings. The van der Waals surface area contributed by atoms with E-state index in [9.17, 15) is 9.59 Å². The van der Waals surface area contributed by atoms with Crippen LogP contribution in [-0.2, 0) is 16.0 Å². The third kappa shape index (κ3) is 6.15. The van der Waals surface area contributed by atoms with E-state index in [-0.39, 0.29) is 18.1 Å². The molecule has 2 atom stereocenters. The first-order valence-electron chi connectivity index (χ1n) is 14.9. The summed E-state index contributed by atoms with van der Waals surface area (Å²) in [5, 5.41) is 1.01. The van der Waals surface area contributed by atoms with E-state index in [2.05, 4.69) is 17.0 Å². The van der Waals surface area contributed by atoms with E-state index in [0.717, 1.165) is 46.7 Å². The van der Waals surface area contributed by atoms with Crippen LogP contribution in [0.4, 0.5) is 4.79 Å². The second kappa shape index (κ2) is 11.9. The fourth-order valence-electron chi connectivity index (χ4n) is 6.97. The van der Waals surface area contributed by atoms with Gasteiger partial charge in [-0.25, -0.2) is 9.59 Å². The van der Waals surface area contributed by atoms with E-state index < -0.39 is 5.60 Å². The second-order valence-electron chi connectivity index (χ2n) is 12.7. The molecule has 2 heterocycles. The van der Waals surface area contributed by atoms with Crippen molar-refractivity contribution in [2.24, 2.45) is 11.8 Å². The highest BCUT2D eigenvalue weighted by Gasteiger charge is 2.35. The van der Waals surface area contributed by atoms with Crippen LogP contribution in [0.25, 0.3) is 10.9 Å². The van der Waals surface area contributed by atoms with Crippen molar-refractivity contribution < 1.29 is 23.8 Å². The maximum absolute atomic E-state index is 13.1. The summed E-state index contributed by atoms with van der Waals surface area (Å²) in [6.07, 6.45) is 9.06. The third-order valence-corrected chi connectivity index (χ3v) is 8.94. The highest BCUT2D eigenvalue weighted by Crippen LogP contribution is 2.44. The molecule has 220 valence electrons. The van der Waals surface area contributed by atoms with Crippen molar-refractivity contribution in [3.63, 3.8) is 0 Å². The minimum Gasteiger partial charge on any atom is -0.496 e. The van der Waals surface area contributed by atoms with Crippen molar-refractivity contribution in [1.29, 1.82) is 0 Å². The number of nitrogens with zero attached hydrogens (tertiary/aromatic N) is 2. The van der Waals surface area contributed by atoms with Crippen molar-refractivity contribution in [2.75, 3.05) is 20.8 Å². The van der Waals surface area contributed by atoms with Gasteiger partial charge < -0.3 is 14.2 Å². The summed E-state index contributed by atoms with van der Waals surface area (Å²) in [5.74, 6) is 2.02. The van der Waals surface area contributed by atoms with Gasteiger partial charge in [-0.2, -0.15) is 0 Å². The lowest BCUT2D eigenvalue weighted by atomic mass is 9.78. The summed E-state index contributed by atoms with van der Waals surface area (Å²) in [6, 6.07) is 12.2. The molecule has 1 saturated heterocycles. The highest BCUT2D eigenvalue weighted by molar-refractivity contribution is 5.95. The van der Waals surface area contributed by atoms with Crippen LogP contribution in [0.1, 0.15) is 92.4 Å². The first-order chi connectivity index (χ1) is 19.6. The number of benzene rings is 2. The van der Waals surface area contributed by atoms with E-state index in [1.54, 1.807) is 11.7 Å². The Bertz CT molecular complexity index is 1400. The molecule has 0 N–H and O–H groups in total. The van der Waals surface area contributed by atoms with Gasteiger partial charge in [0, 0.05) is 29.7 Å². The van der Waals surface area contributed by atoms with Crippen LogP contribution in [0.2, 0.25) is 0 Å². The Morgan fingerprint density at radius 1 is 0.976 bits per heavy atom. The predicted octanol–water partition coefficient (Wildman–Crippen LogP) is 7.67. The zero-order chi connectivity index (χ0) is 29.3. The van der Waals surface area contributed by atoms with Gasteiger partial charge in [0.1, 0.15) is 11.4 Å². The van der Waals surface area contributed by atoms with Crippen LogP contribution in [-0.4, -0.2) is 47.9 Å². The van der Waals surface area contributed by atoms with Gasteiger partial charge in [0.15, 0.2) is 0 Å². The lowest BCUT2D eigenvalue weighted by molar-refractivity contribution is 0.0542. The standard InChI is InChI=1S/C34H44N2O5/c1-22-19-30(39-5)28(27-16-18-36(31(22)27)33(38)41-34(2,3)4)21-35-17-15-26(23-9-7-8-10-23)20-29(35)24-11-13-25(14-12-24)32(37)40-6/h11-14,16,18-19,23,26,29H,7-10,15,17,20-21H2,1-6H3/t26-,29+/m1/s1. The molecule has 1 aliphatic carbocycles. The lowest BCUT2D eigenvalue weighted by Crippen LogP contribution is -2.38. The monoisotopic (exact) mass is 560 g/mol. The SMILES string of the molecule is COC(=O)c1ccc([C@@H]2C[C@H](C3CCCC3)CCN2Cc2c(OC)cc(C)c3c2ccn3C(=O)OC(C)(C)C)cc1. The summed E-state index contributed by atoms with van der Waals surface area (Å²) in [6.45, 7) is 9.32. The molecule has 0 amide bonds. The van der Waals surface area contributed by atoms with Gasteiger partial charge in [0.2, 0.25) is 0 Å². The quantitative estimate of drug-likeness (QED) is 0.288. The Hall–Kier alpha value is -3.32. The van der Waals surface area contributed by atoms with E-state index in [0.29, 0.717) is 18.0 Å². The van der Waals surface area contributed by atoms with Crippen LogP contribution >= 0.6 is 0 Å². The summed E-state index contributed by atoms with van der Waals surface area (Å²) in [5.41, 5.74) is 4.09. The largest absolute Gasteiger partial charge is 0.496 e. The lowest BCUT2D eigenvalue weighted by Gasteiger charge is -2.42. The molecule has 0 spiro atoms. The Morgan fingerprint density at radius 2 is 1.68 bits per heavy atom. The van der Waals surface area contributed by atoms with Gasteiger partial charge in [-0.3, -0.25) is 9.47 Å². The number of piperidine rings is 1. The molecule has 1 saturated carbocycles. The molecule has 1 aromatic heterocycles. The first kappa shape index (κ1) is 29.2. The number of carbonyl (C=O) groups is 2. The highest BCUT2D eigenvalue weighted by atomic mass is 16.6. The number of likely N-dealkylation sites (tertiary alicyclic amines) is 1. The number of aromatic nitrogens is 1. The van der Waals surface area contributed by atoms with Gasteiger partial charge in [0.05, 0.1) is 25.3 Å². The van der Waals surface area contributed by atoms with E-state index >= 15 is 0 Å². The maximum Gasteiger partial charge on any atom is 0.419 e. The number of ether oxygens (including phenoxy) is 3. The molecule has 7 heteroatoms. The molecule has 5 rings (SSSR count). The Labute approximate surface area is 243 Å². The van der Waals surface area contributed by atoms with Crippen molar-refractivity contribution in [3.05, 3.63) is 64.8 Å².